The number of hydrogen-bond acceptors (Lipinski definition) is 4. The first-order valence-electron chi connectivity index (χ1n) is 16.5. The molecule has 1 atom stereocenters. The van der Waals surface area contributed by atoms with Crippen LogP contribution >= 0.6 is 0 Å². The lowest BCUT2D eigenvalue weighted by Crippen LogP contribution is -2.57. The standard InChI is InChI=1S/C37H37F9N2O4/c1-33(2,3)52-32(50)48-19-24(20-48)31(49)47-18-17-34(22-47,16-15-23-7-13-27(38)14-8-23)25-9-11-26(12-10-25)35(36(41,42)43,37(44,45)46)51-21-28-29(39)5-4-6-30(28)40/h4-14,24H,15-22H2,1-3H3. The Morgan fingerprint density at radius 1 is 0.808 bits per heavy atom. The van der Waals surface area contributed by atoms with Crippen molar-refractivity contribution >= 4 is 12.0 Å². The van der Waals surface area contributed by atoms with Crippen LogP contribution in [0.4, 0.5) is 44.3 Å². The zero-order valence-electron chi connectivity index (χ0n) is 28.5. The number of ether oxygens (including phenoxy) is 2. The van der Waals surface area contributed by atoms with Gasteiger partial charge in [0.1, 0.15) is 23.1 Å². The van der Waals surface area contributed by atoms with E-state index in [-0.39, 0.29) is 32.1 Å². The molecule has 2 saturated heterocycles. The van der Waals surface area contributed by atoms with Gasteiger partial charge in [0, 0.05) is 42.7 Å². The van der Waals surface area contributed by atoms with Gasteiger partial charge in [-0.05, 0) is 75.4 Å². The Hall–Kier alpha value is -4.27. The molecular formula is C37H37F9N2O4. The van der Waals surface area contributed by atoms with Crippen LogP contribution in [0.1, 0.15) is 55.9 Å². The minimum Gasteiger partial charge on any atom is -0.444 e. The third kappa shape index (κ3) is 7.88. The van der Waals surface area contributed by atoms with Crippen LogP contribution in [-0.2, 0) is 38.3 Å². The molecule has 0 spiro atoms. The molecule has 0 N–H and O–H groups in total. The number of halogens is 9. The van der Waals surface area contributed by atoms with Crippen molar-refractivity contribution in [3.63, 3.8) is 0 Å². The van der Waals surface area contributed by atoms with Gasteiger partial charge in [0.05, 0.1) is 12.5 Å². The molecule has 5 rings (SSSR count). The molecule has 3 aromatic carbocycles. The molecule has 2 amide bonds. The summed E-state index contributed by atoms with van der Waals surface area (Å²) in [7, 11) is 0. The highest BCUT2D eigenvalue weighted by Gasteiger charge is 2.73. The highest BCUT2D eigenvalue weighted by atomic mass is 19.4. The van der Waals surface area contributed by atoms with Gasteiger partial charge in [-0.2, -0.15) is 26.3 Å². The van der Waals surface area contributed by atoms with Gasteiger partial charge in [-0.25, -0.2) is 18.0 Å². The molecule has 0 radical (unpaired) electrons. The van der Waals surface area contributed by atoms with Gasteiger partial charge in [0.2, 0.25) is 5.91 Å². The van der Waals surface area contributed by atoms with Crippen molar-refractivity contribution < 1.29 is 58.6 Å². The van der Waals surface area contributed by atoms with Gasteiger partial charge in [-0.15, -0.1) is 0 Å². The van der Waals surface area contributed by atoms with Gasteiger partial charge < -0.3 is 19.3 Å². The Morgan fingerprint density at radius 2 is 1.38 bits per heavy atom. The topological polar surface area (TPSA) is 59.1 Å². The fourth-order valence-electron chi connectivity index (χ4n) is 6.69. The van der Waals surface area contributed by atoms with E-state index in [9.17, 15) is 49.1 Å². The van der Waals surface area contributed by atoms with E-state index in [4.69, 9.17) is 4.74 Å². The summed E-state index contributed by atoms with van der Waals surface area (Å²) < 4.78 is 139. The molecule has 3 aromatic rings. The van der Waals surface area contributed by atoms with Crippen LogP contribution in [0.3, 0.4) is 0 Å². The molecule has 2 fully saturated rings. The van der Waals surface area contributed by atoms with Crippen molar-refractivity contribution in [3.8, 4) is 0 Å². The predicted molar refractivity (Wildman–Crippen MR) is 170 cm³/mol. The van der Waals surface area contributed by atoms with Crippen LogP contribution in [0.15, 0.2) is 66.7 Å². The smallest absolute Gasteiger partial charge is 0.430 e. The summed E-state index contributed by atoms with van der Waals surface area (Å²) in [5.74, 6) is -4.02. The van der Waals surface area contributed by atoms with Crippen LogP contribution in [-0.4, -0.2) is 65.9 Å². The van der Waals surface area contributed by atoms with Gasteiger partial charge in [0.15, 0.2) is 0 Å². The SMILES string of the molecule is CC(C)(C)OC(=O)N1CC(C(=O)N2CCC(CCc3ccc(F)cc3)(c3ccc(C(OCc4c(F)cccc4F)(C(F)(F)F)C(F)(F)F)cc3)C2)C1. The number of amides is 2. The summed E-state index contributed by atoms with van der Waals surface area (Å²) in [6.45, 7) is 3.99. The lowest BCUT2D eigenvalue weighted by Gasteiger charge is -2.40. The molecule has 15 heteroatoms. The number of rotatable bonds is 9. The van der Waals surface area contributed by atoms with E-state index in [0.29, 0.717) is 49.1 Å². The van der Waals surface area contributed by atoms with Gasteiger partial charge in [0.25, 0.3) is 5.60 Å². The fraction of sp³-hybridized carbons (Fsp3) is 0.459. The van der Waals surface area contributed by atoms with E-state index >= 15 is 0 Å². The largest absolute Gasteiger partial charge is 0.444 e. The Balaban J connectivity index is 1.43. The van der Waals surface area contributed by atoms with Gasteiger partial charge >= 0.3 is 18.4 Å². The average molecular weight is 745 g/mol. The maximum Gasteiger partial charge on any atom is 0.430 e. The van der Waals surface area contributed by atoms with E-state index in [2.05, 4.69) is 4.74 Å². The number of carbonyl (C=O) groups excluding carboxylic acids is 2. The molecule has 282 valence electrons. The molecule has 2 aliphatic rings. The van der Waals surface area contributed by atoms with Crippen molar-refractivity contribution in [1.29, 1.82) is 0 Å². The van der Waals surface area contributed by atoms with E-state index in [1.54, 1.807) is 37.8 Å². The highest BCUT2D eigenvalue weighted by Crippen LogP contribution is 2.54. The van der Waals surface area contributed by atoms with Crippen LogP contribution in [0.25, 0.3) is 0 Å². The van der Waals surface area contributed by atoms with Crippen molar-refractivity contribution in [1.82, 2.24) is 9.80 Å². The number of carbonyl (C=O) groups is 2. The first-order chi connectivity index (χ1) is 24.2. The van der Waals surface area contributed by atoms with Crippen LogP contribution in [0, 0.1) is 23.4 Å². The number of hydrogen-bond donors (Lipinski definition) is 0. The summed E-state index contributed by atoms with van der Waals surface area (Å²) in [5.41, 5.74) is -8.02. The molecule has 0 saturated carbocycles. The van der Waals surface area contributed by atoms with Gasteiger partial charge in [-0.3, -0.25) is 4.79 Å². The van der Waals surface area contributed by atoms with Crippen LogP contribution in [0.2, 0.25) is 0 Å². The highest BCUT2D eigenvalue weighted by molar-refractivity contribution is 5.83. The maximum absolute atomic E-state index is 14.6. The average Bonchev–Trinajstić information content (AvgIpc) is 3.45. The van der Waals surface area contributed by atoms with Gasteiger partial charge in [-0.1, -0.05) is 42.5 Å². The molecule has 1 unspecified atom stereocenters. The van der Waals surface area contributed by atoms with E-state index < -0.39 is 76.2 Å². The maximum atomic E-state index is 14.6. The molecular weight excluding hydrogens is 707 g/mol. The quantitative estimate of drug-likeness (QED) is 0.206. The molecule has 0 aromatic heterocycles. The second-order valence-corrected chi connectivity index (χ2v) is 14.2. The number of benzene rings is 3. The second-order valence-electron chi connectivity index (χ2n) is 14.2. The van der Waals surface area contributed by atoms with Crippen molar-refractivity contribution in [2.45, 2.75) is 75.6 Å². The monoisotopic (exact) mass is 744 g/mol. The Labute approximate surface area is 294 Å². The molecule has 0 aliphatic carbocycles. The first-order valence-corrected chi connectivity index (χ1v) is 16.5. The Bertz CT molecular complexity index is 1710. The Morgan fingerprint density at radius 3 is 1.92 bits per heavy atom. The number of alkyl halides is 6. The molecule has 2 aliphatic heterocycles. The number of likely N-dealkylation sites (tertiary alicyclic amines) is 2. The normalized spacial score (nSPS) is 18.8. The van der Waals surface area contributed by atoms with Crippen molar-refractivity contribution in [2.24, 2.45) is 5.92 Å². The minimum absolute atomic E-state index is 0.0715. The third-order valence-corrected chi connectivity index (χ3v) is 9.55. The van der Waals surface area contributed by atoms with Crippen LogP contribution in [0.5, 0.6) is 0 Å². The summed E-state index contributed by atoms with van der Waals surface area (Å²) >= 11 is 0. The lowest BCUT2D eigenvalue weighted by molar-refractivity contribution is -0.392. The van der Waals surface area contributed by atoms with Crippen molar-refractivity contribution in [3.05, 3.63) is 106 Å². The first kappa shape index (κ1) is 38.9. The molecule has 2 heterocycles. The molecule has 0 bridgehead atoms. The summed E-state index contributed by atoms with van der Waals surface area (Å²) in [6, 6.07) is 11.4. The number of aryl methyl sites for hydroxylation is 1. The number of nitrogens with zero attached hydrogens (tertiary/aromatic N) is 2. The minimum atomic E-state index is -6.11. The zero-order chi connectivity index (χ0) is 38.3. The summed E-state index contributed by atoms with van der Waals surface area (Å²) in [4.78, 5) is 28.9. The summed E-state index contributed by atoms with van der Waals surface area (Å²) in [5, 5.41) is 0. The molecule has 52 heavy (non-hydrogen) atoms. The van der Waals surface area contributed by atoms with E-state index in [0.717, 1.165) is 23.8 Å². The van der Waals surface area contributed by atoms with E-state index in [1.165, 1.54) is 17.0 Å². The molecule has 6 nitrogen and oxygen atoms in total. The van der Waals surface area contributed by atoms with E-state index in [1.807, 2.05) is 0 Å². The predicted octanol–water partition coefficient (Wildman–Crippen LogP) is 8.61. The third-order valence-electron chi connectivity index (χ3n) is 9.55. The fourth-order valence-corrected chi connectivity index (χ4v) is 6.69. The van der Waals surface area contributed by atoms with Crippen LogP contribution < -0.4 is 0 Å². The Kier molecular flexibility index (Phi) is 10.7. The summed E-state index contributed by atoms with van der Waals surface area (Å²) in [6.07, 6.45) is -11.9. The zero-order valence-corrected chi connectivity index (χ0v) is 28.5. The second kappa shape index (κ2) is 14.3. The van der Waals surface area contributed by atoms with Crippen molar-refractivity contribution in [2.75, 3.05) is 26.2 Å². The lowest BCUT2D eigenvalue weighted by atomic mass is 9.74.